The Morgan fingerprint density at radius 2 is 2.10 bits per heavy atom. The van der Waals surface area contributed by atoms with Gasteiger partial charge in [-0.2, -0.15) is 0 Å². The van der Waals surface area contributed by atoms with Crippen LogP contribution in [-0.4, -0.2) is 24.3 Å². The third-order valence-electron chi connectivity index (χ3n) is 2.67. The molecule has 0 aliphatic carbocycles. The molecular formula is C13H12BrN3O3S. The van der Waals surface area contributed by atoms with Crippen LogP contribution in [0.1, 0.15) is 12.5 Å². The lowest BCUT2D eigenvalue weighted by atomic mass is 10.1. The molecule has 21 heavy (non-hydrogen) atoms. The third kappa shape index (κ3) is 3.79. The van der Waals surface area contributed by atoms with E-state index in [1.54, 1.807) is 31.2 Å². The zero-order valence-corrected chi connectivity index (χ0v) is 13.4. The van der Waals surface area contributed by atoms with Gasteiger partial charge >= 0.3 is 0 Å². The van der Waals surface area contributed by atoms with Gasteiger partial charge in [0.25, 0.3) is 10.0 Å². The summed E-state index contributed by atoms with van der Waals surface area (Å²) < 4.78 is 27.5. The van der Waals surface area contributed by atoms with Gasteiger partial charge in [-0.3, -0.25) is 9.71 Å². The molecule has 110 valence electrons. The van der Waals surface area contributed by atoms with Crippen molar-refractivity contribution in [2.45, 2.75) is 11.8 Å². The lowest BCUT2D eigenvalue weighted by Crippen LogP contribution is -2.13. The molecule has 2 aromatic rings. The topological polar surface area (TPSA) is 91.7 Å². The number of aromatic nitrogens is 1. The number of nitrogens with one attached hydrogen (secondary N) is 1. The van der Waals surface area contributed by atoms with Crippen molar-refractivity contribution in [3.63, 3.8) is 0 Å². The molecule has 1 heterocycles. The van der Waals surface area contributed by atoms with Crippen molar-refractivity contribution in [3.8, 4) is 0 Å². The van der Waals surface area contributed by atoms with E-state index >= 15 is 0 Å². The van der Waals surface area contributed by atoms with Crippen LogP contribution in [0.2, 0.25) is 0 Å². The van der Waals surface area contributed by atoms with Gasteiger partial charge < -0.3 is 5.21 Å². The highest BCUT2D eigenvalue weighted by Gasteiger charge is 2.15. The number of halogens is 1. The molecule has 0 bridgehead atoms. The van der Waals surface area contributed by atoms with Gasteiger partial charge in [0.2, 0.25) is 0 Å². The molecule has 0 radical (unpaired) electrons. The molecule has 0 saturated heterocycles. The zero-order chi connectivity index (χ0) is 15.5. The highest BCUT2D eigenvalue weighted by molar-refractivity contribution is 9.10. The average Bonchev–Trinajstić information content (AvgIpc) is 2.46. The summed E-state index contributed by atoms with van der Waals surface area (Å²) in [6.45, 7) is 1.62. The first kappa shape index (κ1) is 15.5. The van der Waals surface area contributed by atoms with E-state index in [1.165, 1.54) is 18.5 Å². The number of pyridine rings is 1. The Kier molecular flexibility index (Phi) is 4.59. The number of hydrogen-bond donors (Lipinski definition) is 2. The predicted molar refractivity (Wildman–Crippen MR) is 83.2 cm³/mol. The summed E-state index contributed by atoms with van der Waals surface area (Å²) in [5, 5.41) is 11.8. The van der Waals surface area contributed by atoms with Crippen molar-refractivity contribution in [1.29, 1.82) is 0 Å². The van der Waals surface area contributed by atoms with Gasteiger partial charge in [-0.25, -0.2) is 8.42 Å². The predicted octanol–water partition coefficient (Wildman–Crippen LogP) is 2.84. The van der Waals surface area contributed by atoms with E-state index in [2.05, 4.69) is 30.8 Å². The van der Waals surface area contributed by atoms with Crippen LogP contribution in [0.4, 0.5) is 5.69 Å². The van der Waals surface area contributed by atoms with Crippen LogP contribution in [-0.2, 0) is 10.0 Å². The Bertz CT molecular complexity index is 791. The monoisotopic (exact) mass is 369 g/mol. The second-order valence-electron chi connectivity index (χ2n) is 4.21. The van der Waals surface area contributed by atoms with Gasteiger partial charge in [-0.1, -0.05) is 17.3 Å². The smallest absolute Gasteiger partial charge is 0.263 e. The molecule has 0 aliphatic heterocycles. The maximum Gasteiger partial charge on any atom is 0.263 e. The number of anilines is 1. The molecule has 0 unspecified atom stereocenters. The van der Waals surface area contributed by atoms with E-state index in [0.717, 1.165) is 0 Å². The fourth-order valence-electron chi connectivity index (χ4n) is 1.62. The number of nitrogens with zero attached hydrogens (tertiary/aromatic N) is 2. The molecule has 0 atom stereocenters. The highest BCUT2D eigenvalue weighted by atomic mass is 79.9. The minimum absolute atomic E-state index is 0.0508. The van der Waals surface area contributed by atoms with E-state index in [9.17, 15) is 8.42 Å². The lowest BCUT2D eigenvalue weighted by Gasteiger charge is -2.09. The van der Waals surface area contributed by atoms with Crippen molar-refractivity contribution < 1.29 is 13.6 Å². The minimum atomic E-state index is -3.73. The van der Waals surface area contributed by atoms with Crippen molar-refractivity contribution in [1.82, 2.24) is 4.98 Å². The minimum Gasteiger partial charge on any atom is -0.411 e. The number of oxime groups is 1. The largest absolute Gasteiger partial charge is 0.411 e. The van der Waals surface area contributed by atoms with Crippen LogP contribution in [0.3, 0.4) is 0 Å². The second kappa shape index (κ2) is 6.23. The van der Waals surface area contributed by atoms with E-state index in [4.69, 9.17) is 5.21 Å². The summed E-state index contributed by atoms with van der Waals surface area (Å²) in [7, 11) is -3.73. The number of benzene rings is 1. The molecule has 8 heteroatoms. The normalized spacial score (nSPS) is 12.2. The maximum absolute atomic E-state index is 12.3. The third-order valence-corrected chi connectivity index (χ3v) is 4.45. The summed E-state index contributed by atoms with van der Waals surface area (Å²) >= 11 is 3.18. The molecule has 2 rings (SSSR count). The Labute approximate surface area is 130 Å². The van der Waals surface area contributed by atoms with E-state index in [1.807, 2.05) is 0 Å². The van der Waals surface area contributed by atoms with Crippen molar-refractivity contribution >= 4 is 37.4 Å². The molecular weight excluding hydrogens is 358 g/mol. The Hall–Kier alpha value is -1.93. The Balaban J connectivity index is 2.33. The van der Waals surface area contributed by atoms with Crippen molar-refractivity contribution in [2.75, 3.05) is 4.72 Å². The van der Waals surface area contributed by atoms with Gasteiger partial charge in [-0.05, 0) is 41.1 Å². The molecule has 6 nitrogen and oxygen atoms in total. The number of hydrogen-bond acceptors (Lipinski definition) is 5. The molecule has 0 spiro atoms. The molecule has 0 fully saturated rings. The average molecular weight is 370 g/mol. The quantitative estimate of drug-likeness (QED) is 0.492. The Morgan fingerprint density at radius 3 is 2.76 bits per heavy atom. The summed E-state index contributed by atoms with van der Waals surface area (Å²) in [6, 6.07) is 8.03. The Morgan fingerprint density at radius 1 is 1.33 bits per heavy atom. The van der Waals surface area contributed by atoms with E-state index in [-0.39, 0.29) is 4.90 Å². The van der Waals surface area contributed by atoms with E-state index in [0.29, 0.717) is 21.4 Å². The summed E-state index contributed by atoms with van der Waals surface area (Å²) in [5.74, 6) is 0. The molecule has 1 aromatic carbocycles. The van der Waals surface area contributed by atoms with Crippen LogP contribution in [0.15, 0.2) is 57.2 Å². The summed E-state index contributed by atoms with van der Waals surface area (Å²) in [4.78, 5) is 3.88. The number of rotatable bonds is 4. The van der Waals surface area contributed by atoms with Crippen LogP contribution in [0, 0.1) is 0 Å². The van der Waals surface area contributed by atoms with Gasteiger partial charge in [-0.15, -0.1) is 0 Å². The standard InChI is InChI=1S/C13H12BrN3O3S/c1-9(16-18)10-3-2-4-12(5-10)17-21(19,20)13-6-11(14)7-15-8-13/h2-8,17-18H,1H3. The number of sulfonamides is 1. The van der Waals surface area contributed by atoms with Crippen LogP contribution >= 0.6 is 15.9 Å². The summed E-state index contributed by atoms with van der Waals surface area (Å²) in [5.41, 5.74) is 1.38. The molecule has 0 amide bonds. The zero-order valence-electron chi connectivity index (χ0n) is 11.0. The first-order valence-corrected chi connectivity index (χ1v) is 8.12. The van der Waals surface area contributed by atoms with Gasteiger partial charge in [0.1, 0.15) is 4.90 Å². The van der Waals surface area contributed by atoms with Crippen molar-refractivity contribution in [3.05, 3.63) is 52.8 Å². The SMILES string of the molecule is CC(=NO)c1cccc(NS(=O)(=O)c2cncc(Br)c2)c1. The first-order valence-electron chi connectivity index (χ1n) is 5.85. The fraction of sp³-hybridized carbons (Fsp3) is 0.0769. The van der Waals surface area contributed by atoms with E-state index < -0.39 is 10.0 Å². The highest BCUT2D eigenvalue weighted by Crippen LogP contribution is 2.19. The molecule has 0 saturated carbocycles. The molecule has 2 N–H and O–H groups in total. The molecule has 1 aromatic heterocycles. The lowest BCUT2D eigenvalue weighted by molar-refractivity contribution is 0.319. The van der Waals surface area contributed by atoms with Crippen molar-refractivity contribution in [2.24, 2.45) is 5.16 Å². The van der Waals surface area contributed by atoms with Crippen LogP contribution in [0.25, 0.3) is 0 Å². The van der Waals surface area contributed by atoms with Crippen LogP contribution < -0.4 is 4.72 Å². The van der Waals surface area contributed by atoms with Gasteiger partial charge in [0, 0.05) is 28.1 Å². The van der Waals surface area contributed by atoms with Crippen LogP contribution in [0.5, 0.6) is 0 Å². The second-order valence-corrected chi connectivity index (χ2v) is 6.81. The van der Waals surface area contributed by atoms with Gasteiger partial charge in [0.05, 0.1) is 5.71 Å². The first-order chi connectivity index (χ1) is 9.92. The summed E-state index contributed by atoms with van der Waals surface area (Å²) in [6.07, 6.45) is 2.76. The van der Waals surface area contributed by atoms with Gasteiger partial charge in [0.15, 0.2) is 0 Å². The maximum atomic E-state index is 12.3. The fourth-order valence-corrected chi connectivity index (χ4v) is 3.17. The molecule has 0 aliphatic rings.